The molecule has 1 amide bonds. The summed E-state index contributed by atoms with van der Waals surface area (Å²) in [5.41, 5.74) is 6.99. The molecule has 0 radical (unpaired) electrons. The van der Waals surface area contributed by atoms with E-state index >= 15 is 0 Å². The number of ether oxygens (including phenoxy) is 1. The number of nitrogens with two attached hydrogens (primary N) is 1. The van der Waals surface area contributed by atoms with Crippen LogP contribution in [-0.2, 0) is 16.1 Å². The molecule has 1 heterocycles. The number of aryl methyl sites for hydroxylation is 1. The van der Waals surface area contributed by atoms with E-state index in [-0.39, 0.29) is 24.1 Å². The standard InChI is InChI=1S/C13H17FN4O2/c1-20-7-5-16-12(19)4-6-18-11-8-9(14)2-3-10(11)17-13(18)15/h2-3,8H,4-7H2,1H3,(H2,15,17)(H,16,19). The molecule has 2 rings (SSSR count). The van der Waals surface area contributed by atoms with E-state index < -0.39 is 0 Å². The van der Waals surface area contributed by atoms with Crippen LogP contribution in [0.25, 0.3) is 11.0 Å². The Morgan fingerprint density at radius 2 is 2.35 bits per heavy atom. The lowest BCUT2D eigenvalue weighted by molar-refractivity contribution is -0.121. The predicted octanol–water partition coefficient (Wildman–Crippen LogP) is 0.910. The Morgan fingerprint density at radius 3 is 3.10 bits per heavy atom. The molecule has 0 saturated heterocycles. The van der Waals surface area contributed by atoms with Gasteiger partial charge in [0.05, 0.1) is 17.6 Å². The van der Waals surface area contributed by atoms with Crippen molar-refractivity contribution in [2.45, 2.75) is 13.0 Å². The van der Waals surface area contributed by atoms with Gasteiger partial charge < -0.3 is 20.4 Å². The van der Waals surface area contributed by atoms with Gasteiger partial charge in [0.25, 0.3) is 0 Å². The third-order valence-corrected chi connectivity index (χ3v) is 2.93. The number of nitrogen functional groups attached to an aromatic ring is 1. The van der Waals surface area contributed by atoms with Crippen molar-refractivity contribution in [2.24, 2.45) is 0 Å². The summed E-state index contributed by atoms with van der Waals surface area (Å²) in [5.74, 6) is -0.196. The lowest BCUT2D eigenvalue weighted by Gasteiger charge is -2.07. The molecular formula is C13H17FN4O2. The third-order valence-electron chi connectivity index (χ3n) is 2.93. The Bertz CT molecular complexity index is 612. The maximum absolute atomic E-state index is 13.3. The zero-order valence-electron chi connectivity index (χ0n) is 11.2. The molecule has 108 valence electrons. The van der Waals surface area contributed by atoms with Crippen LogP contribution >= 0.6 is 0 Å². The molecule has 0 aliphatic carbocycles. The van der Waals surface area contributed by atoms with Gasteiger partial charge >= 0.3 is 0 Å². The van der Waals surface area contributed by atoms with Crippen molar-refractivity contribution in [1.82, 2.24) is 14.9 Å². The van der Waals surface area contributed by atoms with Crippen molar-refractivity contribution in [2.75, 3.05) is 26.0 Å². The van der Waals surface area contributed by atoms with E-state index in [0.29, 0.717) is 30.7 Å². The molecular weight excluding hydrogens is 263 g/mol. The fraction of sp³-hybridized carbons (Fsp3) is 0.385. The first kappa shape index (κ1) is 14.3. The molecule has 0 fully saturated rings. The minimum Gasteiger partial charge on any atom is -0.383 e. The SMILES string of the molecule is COCCNC(=O)CCn1c(N)nc2ccc(F)cc21. The van der Waals surface area contributed by atoms with E-state index in [1.54, 1.807) is 17.7 Å². The molecule has 0 spiro atoms. The van der Waals surface area contributed by atoms with Gasteiger partial charge in [0, 0.05) is 26.6 Å². The third kappa shape index (κ3) is 3.24. The molecule has 0 atom stereocenters. The number of carbonyl (C=O) groups is 1. The van der Waals surface area contributed by atoms with Crippen LogP contribution < -0.4 is 11.1 Å². The summed E-state index contributed by atoms with van der Waals surface area (Å²) in [6.45, 7) is 1.28. The first-order valence-corrected chi connectivity index (χ1v) is 6.28. The number of carbonyl (C=O) groups excluding carboxylic acids is 1. The number of fused-ring (bicyclic) bond motifs is 1. The Hall–Kier alpha value is -2.15. The molecule has 6 nitrogen and oxygen atoms in total. The van der Waals surface area contributed by atoms with Crippen LogP contribution in [-0.4, -0.2) is 35.7 Å². The van der Waals surface area contributed by atoms with Crippen LogP contribution in [0.15, 0.2) is 18.2 Å². The lowest BCUT2D eigenvalue weighted by atomic mass is 10.3. The van der Waals surface area contributed by atoms with Crippen LogP contribution in [0.1, 0.15) is 6.42 Å². The second-order valence-electron chi connectivity index (χ2n) is 4.35. The molecule has 0 aliphatic heterocycles. The van der Waals surface area contributed by atoms with Crippen LogP contribution in [0, 0.1) is 5.82 Å². The molecule has 2 aromatic rings. The number of halogens is 1. The summed E-state index contributed by atoms with van der Waals surface area (Å²) in [5, 5.41) is 2.71. The molecule has 0 saturated carbocycles. The summed E-state index contributed by atoms with van der Waals surface area (Å²) in [6.07, 6.45) is 0.246. The monoisotopic (exact) mass is 280 g/mol. The number of methoxy groups -OCH3 is 1. The molecule has 0 unspecified atom stereocenters. The lowest BCUT2D eigenvalue weighted by Crippen LogP contribution is -2.27. The van der Waals surface area contributed by atoms with Gasteiger partial charge in [-0.25, -0.2) is 9.37 Å². The summed E-state index contributed by atoms with van der Waals surface area (Å²) < 4.78 is 19.7. The summed E-state index contributed by atoms with van der Waals surface area (Å²) in [7, 11) is 1.57. The van der Waals surface area contributed by atoms with Crippen LogP contribution in [0.4, 0.5) is 10.3 Å². The number of nitrogens with one attached hydrogen (secondary N) is 1. The van der Waals surface area contributed by atoms with Gasteiger partial charge in [0.1, 0.15) is 5.82 Å². The molecule has 20 heavy (non-hydrogen) atoms. The molecule has 1 aromatic carbocycles. The highest BCUT2D eigenvalue weighted by atomic mass is 19.1. The molecule has 7 heteroatoms. The highest BCUT2D eigenvalue weighted by molar-refractivity contribution is 5.79. The number of nitrogens with zero attached hydrogens (tertiary/aromatic N) is 2. The topological polar surface area (TPSA) is 82.2 Å². The smallest absolute Gasteiger partial charge is 0.221 e. The number of hydrogen-bond acceptors (Lipinski definition) is 4. The van der Waals surface area contributed by atoms with Crippen molar-refractivity contribution >= 4 is 22.9 Å². The summed E-state index contributed by atoms with van der Waals surface area (Å²) in [6, 6.07) is 4.26. The number of benzene rings is 1. The fourth-order valence-electron chi connectivity index (χ4n) is 1.94. The number of aromatic nitrogens is 2. The molecule has 1 aromatic heterocycles. The number of amides is 1. The van der Waals surface area contributed by atoms with Gasteiger partial charge in [-0.05, 0) is 18.2 Å². The van der Waals surface area contributed by atoms with E-state index in [2.05, 4.69) is 10.3 Å². The van der Waals surface area contributed by atoms with Crippen LogP contribution in [0.5, 0.6) is 0 Å². The zero-order chi connectivity index (χ0) is 14.5. The molecule has 0 aliphatic rings. The highest BCUT2D eigenvalue weighted by Crippen LogP contribution is 2.19. The normalized spacial score (nSPS) is 10.9. The van der Waals surface area contributed by atoms with Crippen molar-refractivity contribution in [1.29, 1.82) is 0 Å². The van der Waals surface area contributed by atoms with Gasteiger partial charge in [-0.15, -0.1) is 0 Å². The minimum absolute atomic E-state index is 0.111. The predicted molar refractivity (Wildman–Crippen MR) is 73.6 cm³/mol. The maximum Gasteiger partial charge on any atom is 0.221 e. The fourth-order valence-corrected chi connectivity index (χ4v) is 1.94. The maximum atomic E-state index is 13.3. The summed E-state index contributed by atoms with van der Waals surface area (Å²) >= 11 is 0. The van der Waals surface area contributed by atoms with Crippen molar-refractivity contribution < 1.29 is 13.9 Å². The second-order valence-corrected chi connectivity index (χ2v) is 4.35. The first-order chi connectivity index (χ1) is 9.61. The van der Waals surface area contributed by atoms with E-state index in [0.717, 1.165) is 0 Å². The molecule has 3 N–H and O–H groups in total. The Labute approximate surface area is 115 Å². The average molecular weight is 280 g/mol. The van der Waals surface area contributed by atoms with E-state index in [1.165, 1.54) is 12.1 Å². The van der Waals surface area contributed by atoms with Crippen LogP contribution in [0.2, 0.25) is 0 Å². The number of anilines is 1. The Balaban J connectivity index is 2.04. The quantitative estimate of drug-likeness (QED) is 0.771. The van der Waals surface area contributed by atoms with E-state index in [9.17, 15) is 9.18 Å². The van der Waals surface area contributed by atoms with Crippen LogP contribution in [0.3, 0.4) is 0 Å². The largest absolute Gasteiger partial charge is 0.383 e. The second kappa shape index (κ2) is 6.33. The molecule has 0 bridgehead atoms. The highest BCUT2D eigenvalue weighted by Gasteiger charge is 2.10. The van der Waals surface area contributed by atoms with E-state index in [4.69, 9.17) is 10.5 Å². The zero-order valence-corrected chi connectivity index (χ0v) is 11.2. The van der Waals surface area contributed by atoms with E-state index in [1.807, 2.05) is 0 Å². The number of rotatable bonds is 6. The van der Waals surface area contributed by atoms with Crippen molar-refractivity contribution in [3.63, 3.8) is 0 Å². The number of hydrogen-bond donors (Lipinski definition) is 2. The summed E-state index contributed by atoms with van der Waals surface area (Å²) in [4.78, 5) is 15.7. The Morgan fingerprint density at radius 1 is 1.55 bits per heavy atom. The van der Waals surface area contributed by atoms with Gasteiger partial charge in [-0.2, -0.15) is 0 Å². The van der Waals surface area contributed by atoms with Crippen molar-refractivity contribution in [3.05, 3.63) is 24.0 Å². The van der Waals surface area contributed by atoms with Gasteiger partial charge in [0.15, 0.2) is 0 Å². The van der Waals surface area contributed by atoms with Crippen molar-refractivity contribution in [3.8, 4) is 0 Å². The number of imidazole rings is 1. The minimum atomic E-state index is -0.358. The van der Waals surface area contributed by atoms with Gasteiger partial charge in [-0.1, -0.05) is 0 Å². The van der Waals surface area contributed by atoms with Gasteiger partial charge in [-0.3, -0.25) is 4.79 Å². The Kier molecular flexibility index (Phi) is 4.52. The van der Waals surface area contributed by atoms with Gasteiger partial charge in [0.2, 0.25) is 11.9 Å². The first-order valence-electron chi connectivity index (χ1n) is 6.28. The average Bonchev–Trinajstić information content (AvgIpc) is 2.72.